The number of hydrogen-bond donors (Lipinski definition) is 1. The Bertz CT molecular complexity index is 580. The van der Waals surface area contributed by atoms with Crippen molar-refractivity contribution in [3.63, 3.8) is 0 Å². The van der Waals surface area contributed by atoms with Crippen LogP contribution in [0.4, 0.5) is 5.69 Å². The second-order valence-corrected chi connectivity index (χ2v) is 5.75. The molecule has 2 aromatic rings. The van der Waals surface area contributed by atoms with Gasteiger partial charge in [-0.1, -0.05) is 22.0 Å². The maximum absolute atomic E-state index is 5.54. The average Bonchev–Trinajstić information content (AvgIpc) is 2.88. The van der Waals surface area contributed by atoms with Gasteiger partial charge in [0, 0.05) is 22.6 Å². The van der Waals surface area contributed by atoms with E-state index < -0.39 is 0 Å². The third-order valence-corrected chi connectivity index (χ3v) is 3.97. The van der Waals surface area contributed by atoms with Crippen molar-refractivity contribution < 1.29 is 4.74 Å². The summed E-state index contributed by atoms with van der Waals surface area (Å²) in [7, 11) is 0. The summed E-state index contributed by atoms with van der Waals surface area (Å²) in [6.45, 7) is 2.99. The van der Waals surface area contributed by atoms with Crippen molar-refractivity contribution in [3.8, 4) is 5.75 Å². The molecule has 1 heterocycles. The monoisotopic (exact) mass is 317 g/mol. The summed E-state index contributed by atoms with van der Waals surface area (Å²) >= 11 is 3.45. The minimum atomic E-state index is 0.284. The average molecular weight is 318 g/mol. The highest BCUT2D eigenvalue weighted by atomic mass is 79.9. The van der Waals surface area contributed by atoms with Crippen molar-refractivity contribution in [2.75, 3.05) is 11.9 Å². The van der Waals surface area contributed by atoms with Crippen LogP contribution in [0.3, 0.4) is 0 Å². The van der Waals surface area contributed by atoms with Crippen molar-refractivity contribution in [3.05, 3.63) is 58.1 Å². The van der Waals surface area contributed by atoms with Crippen LogP contribution >= 0.6 is 15.9 Å². The van der Waals surface area contributed by atoms with E-state index in [4.69, 9.17) is 4.74 Å². The molecule has 0 bridgehead atoms. The number of fused-ring (bicyclic) bond motifs is 1. The number of hydrogen-bond acceptors (Lipinski definition) is 2. The Hall–Kier alpha value is -1.48. The van der Waals surface area contributed by atoms with Crippen LogP contribution in [0.1, 0.15) is 24.1 Å². The Kier molecular flexibility index (Phi) is 3.47. The summed E-state index contributed by atoms with van der Waals surface area (Å²) in [5.41, 5.74) is 3.75. The number of ether oxygens (including phenoxy) is 1. The summed E-state index contributed by atoms with van der Waals surface area (Å²) in [4.78, 5) is 0. The van der Waals surface area contributed by atoms with Gasteiger partial charge in [-0.05, 0) is 54.4 Å². The SMILES string of the molecule is CC(Nc1ccc(Br)cc1)c1ccc2c(c1)CCO2. The molecule has 0 spiro atoms. The van der Waals surface area contributed by atoms with Gasteiger partial charge in [-0.15, -0.1) is 0 Å². The fourth-order valence-electron chi connectivity index (χ4n) is 2.36. The molecule has 0 saturated heterocycles. The molecule has 0 radical (unpaired) electrons. The molecule has 2 aromatic carbocycles. The Morgan fingerprint density at radius 2 is 1.95 bits per heavy atom. The molecule has 0 aromatic heterocycles. The highest BCUT2D eigenvalue weighted by Crippen LogP contribution is 2.29. The fourth-order valence-corrected chi connectivity index (χ4v) is 2.62. The van der Waals surface area contributed by atoms with Crippen molar-refractivity contribution in [2.45, 2.75) is 19.4 Å². The van der Waals surface area contributed by atoms with Crippen molar-refractivity contribution in [1.82, 2.24) is 0 Å². The van der Waals surface area contributed by atoms with E-state index in [-0.39, 0.29) is 6.04 Å². The molecule has 1 aliphatic rings. The Morgan fingerprint density at radius 3 is 2.74 bits per heavy atom. The zero-order valence-corrected chi connectivity index (χ0v) is 12.4. The number of halogens is 1. The topological polar surface area (TPSA) is 21.3 Å². The van der Waals surface area contributed by atoms with Gasteiger partial charge in [-0.2, -0.15) is 0 Å². The summed E-state index contributed by atoms with van der Waals surface area (Å²) in [5, 5.41) is 3.51. The molecule has 1 unspecified atom stereocenters. The molecule has 3 rings (SSSR count). The van der Waals surface area contributed by atoms with Gasteiger partial charge in [0.25, 0.3) is 0 Å². The molecular formula is C16H16BrNO. The lowest BCUT2D eigenvalue weighted by atomic mass is 10.0. The van der Waals surface area contributed by atoms with Crippen LogP contribution in [0.25, 0.3) is 0 Å². The quantitative estimate of drug-likeness (QED) is 0.896. The molecule has 1 aliphatic heterocycles. The lowest BCUT2D eigenvalue weighted by molar-refractivity contribution is 0.357. The van der Waals surface area contributed by atoms with E-state index in [9.17, 15) is 0 Å². The van der Waals surface area contributed by atoms with Gasteiger partial charge >= 0.3 is 0 Å². The maximum atomic E-state index is 5.54. The van der Waals surface area contributed by atoms with E-state index in [2.05, 4.69) is 58.5 Å². The molecule has 0 saturated carbocycles. The third-order valence-electron chi connectivity index (χ3n) is 3.44. The van der Waals surface area contributed by atoms with Gasteiger partial charge in [-0.3, -0.25) is 0 Å². The lowest BCUT2D eigenvalue weighted by Gasteiger charge is -2.16. The molecule has 19 heavy (non-hydrogen) atoms. The van der Waals surface area contributed by atoms with Crippen LogP contribution in [0.15, 0.2) is 46.9 Å². The maximum Gasteiger partial charge on any atom is 0.122 e. The van der Waals surface area contributed by atoms with E-state index in [0.717, 1.165) is 28.9 Å². The Morgan fingerprint density at radius 1 is 1.16 bits per heavy atom. The first-order valence-corrected chi connectivity index (χ1v) is 7.29. The Labute approximate surface area is 121 Å². The lowest BCUT2D eigenvalue weighted by Crippen LogP contribution is -2.06. The van der Waals surface area contributed by atoms with E-state index in [0.29, 0.717) is 0 Å². The zero-order chi connectivity index (χ0) is 13.2. The fraction of sp³-hybridized carbons (Fsp3) is 0.250. The van der Waals surface area contributed by atoms with Gasteiger partial charge in [0.15, 0.2) is 0 Å². The first kappa shape index (κ1) is 12.5. The van der Waals surface area contributed by atoms with E-state index in [1.54, 1.807) is 0 Å². The van der Waals surface area contributed by atoms with Crippen LogP contribution in [-0.2, 0) is 6.42 Å². The molecular weight excluding hydrogens is 302 g/mol. The third kappa shape index (κ3) is 2.76. The van der Waals surface area contributed by atoms with Crippen LogP contribution in [-0.4, -0.2) is 6.61 Å². The first-order chi connectivity index (χ1) is 9.22. The molecule has 98 valence electrons. The van der Waals surface area contributed by atoms with E-state index >= 15 is 0 Å². The molecule has 0 fully saturated rings. The number of anilines is 1. The molecule has 0 amide bonds. The minimum absolute atomic E-state index is 0.284. The Balaban J connectivity index is 1.76. The van der Waals surface area contributed by atoms with Gasteiger partial charge < -0.3 is 10.1 Å². The summed E-state index contributed by atoms with van der Waals surface area (Å²) in [5.74, 6) is 1.04. The molecule has 1 atom stereocenters. The van der Waals surface area contributed by atoms with Gasteiger partial charge in [0.2, 0.25) is 0 Å². The van der Waals surface area contributed by atoms with Crippen molar-refractivity contribution >= 4 is 21.6 Å². The molecule has 0 aliphatic carbocycles. The van der Waals surface area contributed by atoms with E-state index in [1.807, 2.05) is 12.1 Å². The highest BCUT2D eigenvalue weighted by molar-refractivity contribution is 9.10. The normalized spacial score (nSPS) is 14.6. The predicted octanol–water partition coefficient (Wildman–Crippen LogP) is 4.56. The summed E-state index contributed by atoms with van der Waals surface area (Å²) < 4.78 is 6.64. The molecule has 1 N–H and O–H groups in total. The second-order valence-electron chi connectivity index (χ2n) is 4.84. The van der Waals surface area contributed by atoms with Crippen LogP contribution in [0.2, 0.25) is 0 Å². The minimum Gasteiger partial charge on any atom is -0.493 e. The summed E-state index contributed by atoms with van der Waals surface area (Å²) in [6.07, 6.45) is 1.02. The molecule has 2 nitrogen and oxygen atoms in total. The van der Waals surface area contributed by atoms with Crippen LogP contribution in [0.5, 0.6) is 5.75 Å². The standard InChI is InChI=1S/C16H16BrNO/c1-11(18-15-5-3-14(17)4-6-15)12-2-7-16-13(10-12)8-9-19-16/h2-7,10-11,18H,8-9H2,1H3. The number of benzene rings is 2. The van der Waals surface area contributed by atoms with Crippen molar-refractivity contribution in [1.29, 1.82) is 0 Å². The van der Waals surface area contributed by atoms with Crippen molar-refractivity contribution in [2.24, 2.45) is 0 Å². The molecule has 3 heteroatoms. The van der Waals surface area contributed by atoms with E-state index in [1.165, 1.54) is 11.1 Å². The zero-order valence-electron chi connectivity index (χ0n) is 10.8. The van der Waals surface area contributed by atoms with Gasteiger partial charge in [-0.25, -0.2) is 0 Å². The largest absolute Gasteiger partial charge is 0.493 e. The summed E-state index contributed by atoms with van der Waals surface area (Å²) in [6, 6.07) is 15.0. The predicted molar refractivity (Wildman–Crippen MR) is 81.8 cm³/mol. The second kappa shape index (κ2) is 5.25. The van der Waals surface area contributed by atoms with Gasteiger partial charge in [0.1, 0.15) is 5.75 Å². The van der Waals surface area contributed by atoms with Gasteiger partial charge in [0.05, 0.1) is 6.61 Å². The van der Waals surface area contributed by atoms with Crippen LogP contribution < -0.4 is 10.1 Å². The smallest absolute Gasteiger partial charge is 0.122 e. The first-order valence-electron chi connectivity index (χ1n) is 6.50. The van der Waals surface area contributed by atoms with Crippen LogP contribution in [0, 0.1) is 0 Å². The number of rotatable bonds is 3. The highest BCUT2D eigenvalue weighted by Gasteiger charge is 2.14. The number of nitrogens with one attached hydrogen (secondary N) is 1.